The molecule has 0 bridgehead atoms. The van der Waals surface area contributed by atoms with Gasteiger partial charge < -0.3 is 10.0 Å². The Labute approximate surface area is 108 Å². The summed E-state index contributed by atoms with van der Waals surface area (Å²) >= 11 is 0. The lowest BCUT2D eigenvalue weighted by molar-refractivity contribution is -0.385. The Morgan fingerprint density at radius 3 is 2.89 bits per heavy atom. The molecule has 2 rings (SSSR count). The van der Waals surface area contributed by atoms with Gasteiger partial charge in [0, 0.05) is 31.7 Å². The number of hydrogen-bond acceptors (Lipinski definition) is 4. The number of nitro benzene ring substituents is 1. The monoisotopic (exact) mass is 268 g/mol. The number of carbonyl (C=O) groups is 1. The fraction of sp³-hybridized carbons (Fsp3) is 0.417. The maximum Gasteiger partial charge on any atom is 0.282 e. The first kappa shape index (κ1) is 13.4. The molecule has 1 aromatic rings. The molecule has 0 aliphatic carbocycles. The van der Waals surface area contributed by atoms with Crippen LogP contribution in [0.4, 0.5) is 10.1 Å². The van der Waals surface area contributed by atoms with Gasteiger partial charge in [0.25, 0.3) is 11.6 Å². The number of amides is 1. The van der Waals surface area contributed by atoms with Gasteiger partial charge in [-0.1, -0.05) is 0 Å². The zero-order valence-electron chi connectivity index (χ0n) is 10.1. The van der Waals surface area contributed by atoms with E-state index in [1.54, 1.807) is 0 Å². The van der Waals surface area contributed by atoms with Crippen molar-refractivity contribution in [3.63, 3.8) is 0 Å². The minimum atomic E-state index is -0.702. The van der Waals surface area contributed by atoms with Gasteiger partial charge in [-0.25, -0.2) is 4.39 Å². The molecule has 0 spiro atoms. The van der Waals surface area contributed by atoms with Gasteiger partial charge in [0.2, 0.25) is 0 Å². The van der Waals surface area contributed by atoms with Crippen LogP contribution in [-0.2, 0) is 0 Å². The van der Waals surface area contributed by atoms with Crippen molar-refractivity contribution >= 4 is 11.6 Å². The molecule has 1 aromatic carbocycles. The summed E-state index contributed by atoms with van der Waals surface area (Å²) in [6, 6.07) is 2.82. The van der Waals surface area contributed by atoms with Gasteiger partial charge in [-0.3, -0.25) is 14.9 Å². The zero-order chi connectivity index (χ0) is 14.0. The Morgan fingerprint density at radius 1 is 1.58 bits per heavy atom. The molecule has 1 saturated heterocycles. The van der Waals surface area contributed by atoms with E-state index in [1.165, 1.54) is 4.90 Å². The molecule has 1 N–H and O–H groups in total. The van der Waals surface area contributed by atoms with Gasteiger partial charge in [0.05, 0.1) is 4.92 Å². The van der Waals surface area contributed by atoms with Crippen LogP contribution in [0.2, 0.25) is 0 Å². The average molecular weight is 268 g/mol. The van der Waals surface area contributed by atoms with Crippen molar-refractivity contribution in [1.82, 2.24) is 4.90 Å². The lowest BCUT2D eigenvalue weighted by Gasteiger charge is -2.16. The highest BCUT2D eigenvalue weighted by atomic mass is 19.1. The van der Waals surface area contributed by atoms with Crippen molar-refractivity contribution in [2.75, 3.05) is 19.7 Å². The summed E-state index contributed by atoms with van der Waals surface area (Å²) in [5, 5.41) is 19.9. The van der Waals surface area contributed by atoms with Crippen LogP contribution >= 0.6 is 0 Å². The lowest BCUT2D eigenvalue weighted by Crippen LogP contribution is -2.29. The largest absolute Gasteiger partial charge is 0.396 e. The molecule has 0 aromatic heterocycles. The summed E-state index contributed by atoms with van der Waals surface area (Å²) in [6.45, 7) is 0.718. The number of rotatable bonds is 3. The smallest absolute Gasteiger partial charge is 0.282 e. The predicted octanol–water partition coefficient (Wildman–Crippen LogP) is 1.19. The van der Waals surface area contributed by atoms with E-state index < -0.39 is 22.3 Å². The van der Waals surface area contributed by atoms with E-state index in [0.29, 0.717) is 19.5 Å². The number of benzene rings is 1. The molecule has 6 nitrogen and oxygen atoms in total. The van der Waals surface area contributed by atoms with Gasteiger partial charge in [-0.2, -0.15) is 0 Å². The van der Waals surface area contributed by atoms with Gasteiger partial charge in [-0.05, 0) is 18.6 Å². The van der Waals surface area contributed by atoms with Gasteiger partial charge in [0.15, 0.2) is 0 Å². The number of likely N-dealkylation sites (tertiary alicyclic amines) is 1. The summed E-state index contributed by atoms with van der Waals surface area (Å²) in [4.78, 5) is 23.7. The maximum atomic E-state index is 13.2. The topological polar surface area (TPSA) is 83.7 Å². The third-order valence-electron chi connectivity index (χ3n) is 3.22. The first-order valence-electron chi connectivity index (χ1n) is 5.87. The molecule has 1 aliphatic rings. The van der Waals surface area contributed by atoms with Crippen LogP contribution in [0, 0.1) is 21.8 Å². The maximum absolute atomic E-state index is 13.2. The summed E-state index contributed by atoms with van der Waals surface area (Å²) in [7, 11) is 0. The van der Waals surface area contributed by atoms with E-state index in [4.69, 9.17) is 5.11 Å². The molecular weight excluding hydrogens is 255 g/mol. The zero-order valence-corrected chi connectivity index (χ0v) is 10.1. The average Bonchev–Trinajstić information content (AvgIpc) is 2.86. The Morgan fingerprint density at radius 2 is 2.32 bits per heavy atom. The normalized spacial score (nSPS) is 18.6. The molecule has 0 saturated carbocycles. The van der Waals surface area contributed by atoms with E-state index in [0.717, 1.165) is 18.2 Å². The Kier molecular flexibility index (Phi) is 3.75. The van der Waals surface area contributed by atoms with Crippen molar-refractivity contribution in [2.24, 2.45) is 5.92 Å². The fourth-order valence-electron chi connectivity index (χ4n) is 2.18. The highest BCUT2D eigenvalue weighted by Crippen LogP contribution is 2.24. The van der Waals surface area contributed by atoms with Crippen molar-refractivity contribution in [3.8, 4) is 0 Å². The molecule has 1 heterocycles. The molecule has 1 unspecified atom stereocenters. The van der Waals surface area contributed by atoms with E-state index in [2.05, 4.69) is 0 Å². The summed E-state index contributed by atoms with van der Waals surface area (Å²) < 4.78 is 13.2. The second kappa shape index (κ2) is 5.31. The van der Waals surface area contributed by atoms with Crippen LogP contribution in [0.1, 0.15) is 16.8 Å². The van der Waals surface area contributed by atoms with Crippen molar-refractivity contribution < 1.29 is 19.2 Å². The molecule has 19 heavy (non-hydrogen) atoms. The Balaban J connectivity index is 2.28. The third kappa shape index (κ3) is 2.70. The first-order valence-corrected chi connectivity index (χ1v) is 5.87. The van der Waals surface area contributed by atoms with Crippen molar-refractivity contribution in [1.29, 1.82) is 0 Å². The molecule has 1 amide bonds. The number of nitrogens with zero attached hydrogens (tertiary/aromatic N) is 2. The standard InChI is InChI=1S/C12H13FN2O4/c13-9-1-2-11(15(18)19)10(5-9)12(17)14-4-3-8(6-14)7-16/h1-2,5,8,16H,3-4,6-7H2. The summed E-state index contributed by atoms with van der Waals surface area (Å²) in [5.74, 6) is -1.27. The molecule has 102 valence electrons. The molecule has 1 fully saturated rings. The molecule has 0 radical (unpaired) electrons. The van der Waals surface area contributed by atoms with Crippen LogP contribution in [0.25, 0.3) is 0 Å². The summed E-state index contributed by atoms with van der Waals surface area (Å²) in [5.41, 5.74) is -0.651. The summed E-state index contributed by atoms with van der Waals surface area (Å²) in [6.07, 6.45) is 0.644. The number of aliphatic hydroxyl groups excluding tert-OH is 1. The number of carbonyl (C=O) groups excluding carboxylic acids is 1. The third-order valence-corrected chi connectivity index (χ3v) is 3.22. The van der Waals surface area contributed by atoms with Crippen LogP contribution < -0.4 is 0 Å². The van der Waals surface area contributed by atoms with Crippen LogP contribution in [0.15, 0.2) is 18.2 Å². The lowest BCUT2D eigenvalue weighted by atomic mass is 10.1. The SMILES string of the molecule is O=C(c1cc(F)ccc1[N+](=O)[O-])N1CCC(CO)C1. The first-order chi connectivity index (χ1) is 9.02. The van der Waals surface area contributed by atoms with E-state index in [1.807, 2.05) is 0 Å². The molecular formula is C12H13FN2O4. The Bertz CT molecular complexity index is 520. The minimum absolute atomic E-state index is 0.0171. The molecule has 1 aliphatic heterocycles. The minimum Gasteiger partial charge on any atom is -0.396 e. The van der Waals surface area contributed by atoms with Gasteiger partial charge >= 0.3 is 0 Å². The second-order valence-corrected chi connectivity index (χ2v) is 4.51. The number of hydrogen-bond donors (Lipinski definition) is 1. The second-order valence-electron chi connectivity index (χ2n) is 4.51. The highest BCUT2D eigenvalue weighted by molar-refractivity contribution is 5.98. The number of nitro groups is 1. The van der Waals surface area contributed by atoms with E-state index in [9.17, 15) is 19.3 Å². The quantitative estimate of drug-likeness (QED) is 0.659. The number of halogens is 1. The van der Waals surface area contributed by atoms with Crippen molar-refractivity contribution in [3.05, 3.63) is 39.7 Å². The number of aliphatic hydroxyl groups is 1. The van der Waals surface area contributed by atoms with Crippen LogP contribution in [-0.4, -0.2) is 40.5 Å². The molecule has 1 atom stereocenters. The van der Waals surface area contributed by atoms with Gasteiger partial charge in [-0.15, -0.1) is 0 Å². The van der Waals surface area contributed by atoms with Gasteiger partial charge in [0.1, 0.15) is 11.4 Å². The highest BCUT2D eigenvalue weighted by Gasteiger charge is 2.30. The Hall–Kier alpha value is -2.02. The van der Waals surface area contributed by atoms with E-state index >= 15 is 0 Å². The molecule has 7 heteroatoms. The van der Waals surface area contributed by atoms with Crippen molar-refractivity contribution in [2.45, 2.75) is 6.42 Å². The fourth-order valence-corrected chi connectivity index (χ4v) is 2.18. The predicted molar refractivity (Wildman–Crippen MR) is 64.2 cm³/mol. The van der Waals surface area contributed by atoms with E-state index in [-0.39, 0.29) is 18.1 Å². The van der Waals surface area contributed by atoms with Crippen LogP contribution in [0.5, 0.6) is 0 Å². The van der Waals surface area contributed by atoms with Crippen LogP contribution in [0.3, 0.4) is 0 Å².